The van der Waals surface area contributed by atoms with Gasteiger partial charge in [-0.15, -0.1) is 0 Å². The zero-order valence-electron chi connectivity index (χ0n) is 13.7. The van der Waals surface area contributed by atoms with Gasteiger partial charge in [-0.1, -0.05) is 36.4 Å². The van der Waals surface area contributed by atoms with Gasteiger partial charge in [0.2, 0.25) is 5.95 Å². The Morgan fingerprint density at radius 3 is 2.79 bits per heavy atom. The molecule has 24 heavy (non-hydrogen) atoms. The smallest absolute Gasteiger partial charge is 0.413 e. The minimum Gasteiger partial charge on any atom is -0.450 e. The van der Waals surface area contributed by atoms with Crippen molar-refractivity contribution in [3.8, 4) is 11.1 Å². The normalized spacial score (nSPS) is 10.6. The van der Waals surface area contributed by atoms with E-state index in [-0.39, 0.29) is 0 Å². The second-order valence-corrected chi connectivity index (χ2v) is 5.52. The molecule has 2 N–H and O–H groups in total. The van der Waals surface area contributed by atoms with E-state index in [1.807, 2.05) is 37.3 Å². The highest BCUT2D eigenvalue weighted by atomic mass is 16.5. The van der Waals surface area contributed by atoms with Crippen molar-refractivity contribution in [3.05, 3.63) is 54.6 Å². The lowest BCUT2D eigenvalue weighted by atomic mass is 10.0. The van der Waals surface area contributed by atoms with Crippen molar-refractivity contribution in [3.63, 3.8) is 0 Å². The number of aromatic amines is 1. The maximum absolute atomic E-state index is 11.5. The Morgan fingerprint density at radius 1 is 1.25 bits per heavy atom. The first-order valence-corrected chi connectivity index (χ1v) is 7.76. The van der Waals surface area contributed by atoms with Crippen LogP contribution in [0, 0.1) is 0 Å². The first-order valence-electron chi connectivity index (χ1n) is 7.76. The van der Waals surface area contributed by atoms with Crippen LogP contribution in [-0.2, 0) is 4.74 Å². The topological polar surface area (TPSA) is 67.0 Å². The van der Waals surface area contributed by atoms with E-state index in [4.69, 9.17) is 4.74 Å². The molecule has 1 amide bonds. The maximum Gasteiger partial charge on any atom is 0.413 e. The summed E-state index contributed by atoms with van der Waals surface area (Å²) in [5.74, 6) is 0.372. The van der Waals surface area contributed by atoms with Gasteiger partial charge in [-0.2, -0.15) is 0 Å². The first kappa shape index (κ1) is 15.8. The standard InChI is InChI=1S/C19H19N3O2/c1-4-24-19(23)22-18-20-16-9-8-15(11-17(16)21-18)14-7-5-6-13(10-14)12(2)3/h5-11H,2,4H2,1,3H3,(H2,20,21,22,23). The van der Waals surface area contributed by atoms with E-state index < -0.39 is 6.09 Å². The lowest BCUT2D eigenvalue weighted by Crippen LogP contribution is -2.14. The van der Waals surface area contributed by atoms with Crippen molar-refractivity contribution >= 4 is 28.6 Å². The summed E-state index contributed by atoms with van der Waals surface area (Å²) < 4.78 is 4.85. The highest BCUT2D eigenvalue weighted by molar-refractivity contribution is 5.88. The number of nitrogens with one attached hydrogen (secondary N) is 2. The average molecular weight is 321 g/mol. The number of aromatic nitrogens is 2. The third kappa shape index (κ3) is 3.30. The largest absolute Gasteiger partial charge is 0.450 e. The molecule has 5 nitrogen and oxygen atoms in total. The molecule has 0 saturated heterocycles. The molecule has 0 aliphatic rings. The number of anilines is 1. The quantitative estimate of drug-likeness (QED) is 0.723. The summed E-state index contributed by atoms with van der Waals surface area (Å²) in [5, 5.41) is 2.58. The Labute approximate surface area is 140 Å². The summed E-state index contributed by atoms with van der Waals surface area (Å²) in [5.41, 5.74) is 5.94. The van der Waals surface area contributed by atoms with Gasteiger partial charge in [-0.05, 0) is 48.7 Å². The van der Waals surface area contributed by atoms with E-state index in [0.717, 1.165) is 33.3 Å². The van der Waals surface area contributed by atoms with Crippen molar-refractivity contribution in [2.75, 3.05) is 11.9 Å². The van der Waals surface area contributed by atoms with Gasteiger partial charge in [0.1, 0.15) is 0 Å². The molecule has 122 valence electrons. The van der Waals surface area contributed by atoms with Gasteiger partial charge < -0.3 is 9.72 Å². The summed E-state index contributed by atoms with van der Waals surface area (Å²) in [6, 6.07) is 14.2. The Bertz CT molecular complexity index is 912. The van der Waals surface area contributed by atoms with E-state index in [9.17, 15) is 4.79 Å². The molecule has 0 fully saturated rings. The third-order valence-corrected chi connectivity index (χ3v) is 3.67. The van der Waals surface area contributed by atoms with E-state index in [1.54, 1.807) is 6.92 Å². The molecule has 0 saturated carbocycles. The maximum atomic E-state index is 11.5. The molecule has 5 heteroatoms. The summed E-state index contributed by atoms with van der Waals surface area (Å²) in [6.45, 7) is 8.05. The Morgan fingerprint density at radius 2 is 2.04 bits per heavy atom. The molecule has 3 aromatic rings. The second-order valence-electron chi connectivity index (χ2n) is 5.52. The molecule has 0 radical (unpaired) electrons. The lowest BCUT2D eigenvalue weighted by Gasteiger charge is -2.05. The minimum atomic E-state index is -0.522. The number of carbonyl (C=O) groups is 1. The molecule has 0 unspecified atom stereocenters. The number of carbonyl (C=O) groups excluding carboxylic acids is 1. The SMILES string of the molecule is C=C(C)c1cccc(-c2ccc3nc(NC(=O)OCC)[nH]c3c2)c1. The van der Waals surface area contributed by atoms with Gasteiger partial charge in [0.25, 0.3) is 0 Å². The molecule has 0 aliphatic carbocycles. The van der Waals surface area contributed by atoms with Gasteiger partial charge in [-0.3, -0.25) is 5.32 Å². The summed E-state index contributed by atoms with van der Waals surface area (Å²) >= 11 is 0. The average Bonchev–Trinajstić information content (AvgIpc) is 2.96. The van der Waals surface area contributed by atoms with Crippen LogP contribution in [0.25, 0.3) is 27.7 Å². The monoisotopic (exact) mass is 321 g/mol. The van der Waals surface area contributed by atoms with Crippen molar-refractivity contribution in [2.24, 2.45) is 0 Å². The van der Waals surface area contributed by atoms with Crippen LogP contribution >= 0.6 is 0 Å². The molecule has 0 spiro atoms. The number of benzene rings is 2. The van der Waals surface area contributed by atoms with Crippen molar-refractivity contribution in [1.82, 2.24) is 9.97 Å². The van der Waals surface area contributed by atoms with Gasteiger partial charge >= 0.3 is 6.09 Å². The number of rotatable bonds is 4. The number of fused-ring (bicyclic) bond motifs is 1. The number of imidazole rings is 1. The number of hydrogen-bond donors (Lipinski definition) is 2. The van der Waals surface area contributed by atoms with Gasteiger partial charge in [0.05, 0.1) is 17.6 Å². The van der Waals surface area contributed by atoms with E-state index >= 15 is 0 Å². The van der Waals surface area contributed by atoms with Crippen LogP contribution in [0.2, 0.25) is 0 Å². The fourth-order valence-corrected chi connectivity index (χ4v) is 2.48. The van der Waals surface area contributed by atoms with Crippen LogP contribution < -0.4 is 5.32 Å². The van der Waals surface area contributed by atoms with Gasteiger partial charge in [0, 0.05) is 0 Å². The minimum absolute atomic E-state index is 0.315. The highest BCUT2D eigenvalue weighted by Crippen LogP contribution is 2.26. The number of nitrogens with zero attached hydrogens (tertiary/aromatic N) is 1. The number of hydrogen-bond acceptors (Lipinski definition) is 3. The molecular formula is C19H19N3O2. The van der Waals surface area contributed by atoms with Gasteiger partial charge in [-0.25, -0.2) is 9.78 Å². The zero-order chi connectivity index (χ0) is 17.1. The Kier molecular flexibility index (Phi) is 4.33. The van der Waals surface area contributed by atoms with Crippen LogP contribution in [0.3, 0.4) is 0 Å². The van der Waals surface area contributed by atoms with Crippen LogP contribution in [0.1, 0.15) is 19.4 Å². The number of allylic oxidation sites excluding steroid dienone is 1. The molecule has 0 atom stereocenters. The number of H-pyrrole nitrogens is 1. The number of ether oxygens (including phenoxy) is 1. The molecule has 1 aromatic heterocycles. The highest BCUT2D eigenvalue weighted by Gasteiger charge is 2.08. The molecule has 2 aromatic carbocycles. The zero-order valence-corrected chi connectivity index (χ0v) is 13.7. The molecule has 0 bridgehead atoms. The Hall–Kier alpha value is -3.08. The predicted molar refractivity (Wildman–Crippen MR) is 96.9 cm³/mol. The fraction of sp³-hybridized carbons (Fsp3) is 0.158. The van der Waals surface area contributed by atoms with Crippen LogP contribution in [0.4, 0.5) is 10.7 Å². The summed E-state index contributed by atoms with van der Waals surface area (Å²) in [4.78, 5) is 18.9. The fourth-order valence-electron chi connectivity index (χ4n) is 2.48. The third-order valence-electron chi connectivity index (χ3n) is 3.67. The molecule has 1 heterocycles. The first-order chi connectivity index (χ1) is 11.6. The second kappa shape index (κ2) is 6.58. The van der Waals surface area contributed by atoms with Crippen LogP contribution in [0.5, 0.6) is 0 Å². The van der Waals surface area contributed by atoms with Crippen molar-refractivity contribution in [1.29, 1.82) is 0 Å². The predicted octanol–water partition coefficient (Wildman–Crippen LogP) is 4.83. The molecular weight excluding hydrogens is 302 g/mol. The van der Waals surface area contributed by atoms with Gasteiger partial charge in [0.15, 0.2) is 0 Å². The van der Waals surface area contributed by atoms with E-state index in [2.05, 4.69) is 34.0 Å². The molecule has 0 aliphatic heterocycles. The van der Waals surface area contributed by atoms with E-state index in [0.29, 0.717) is 12.6 Å². The van der Waals surface area contributed by atoms with Crippen LogP contribution in [-0.4, -0.2) is 22.7 Å². The van der Waals surface area contributed by atoms with Crippen LogP contribution in [0.15, 0.2) is 49.0 Å². The summed E-state index contributed by atoms with van der Waals surface area (Å²) in [7, 11) is 0. The lowest BCUT2D eigenvalue weighted by molar-refractivity contribution is 0.167. The summed E-state index contributed by atoms with van der Waals surface area (Å²) in [6.07, 6.45) is -0.522. The van der Waals surface area contributed by atoms with E-state index in [1.165, 1.54) is 0 Å². The van der Waals surface area contributed by atoms with Crippen molar-refractivity contribution < 1.29 is 9.53 Å². The Balaban J connectivity index is 1.92. The molecule has 3 rings (SSSR count). The number of amides is 1. The van der Waals surface area contributed by atoms with Crippen molar-refractivity contribution in [2.45, 2.75) is 13.8 Å².